The summed E-state index contributed by atoms with van der Waals surface area (Å²) in [6.45, 7) is 5.79. The molecular weight excluding hydrogens is 997 g/mol. The molecule has 6 unspecified atom stereocenters. The van der Waals surface area contributed by atoms with E-state index in [2.05, 4.69) is 87.6 Å². The summed E-state index contributed by atoms with van der Waals surface area (Å²) in [6.07, 6.45) is 58.5. The van der Waals surface area contributed by atoms with Crippen LogP contribution in [0.2, 0.25) is 0 Å². The van der Waals surface area contributed by atoms with Crippen LogP contribution in [0.1, 0.15) is 265 Å². The van der Waals surface area contributed by atoms with Gasteiger partial charge in [0, 0.05) is 12.8 Å². The zero-order valence-electron chi connectivity index (χ0n) is 49.8. The fourth-order valence-corrected chi connectivity index (χ4v) is 9.18. The Morgan fingerprint density at radius 1 is 0.443 bits per heavy atom. The topological polar surface area (TPSA) is 175 Å². The Labute approximate surface area is 480 Å². The number of aliphatic hydroxyl groups is 2. The molecule has 1 saturated heterocycles. The summed E-state index contributed by atoms with van der Waals surface area (Å²) in [7, 11) is 0. The lowest BCUT2D eigenvalue weighted by Gasteiger charge is -2.40. The number of esters is 3. The van der Waals surface area contributed by atoms with Gasteiger partial charge in [0.05, 0.1) is 13.0 Å². The minimum atomic E-state index is -1.92. The summed E-state index contributed by atoms with van der Waals surface area (Å²) in [5.74, 6) is -3.28. The van der Waals surface area contributed by atoms with E-state index in [-0.39, 0.29) is 25.9 Å². The Balaban J connectivity index is 2.70. The van der Waals surface area contributed by atoms with Gasteiger partial charge >= 0.3 is 23.9 Å². The van der Waals surface area contributed by atoms with Crippen molar-refractivity contribution in [2.45, 2.75) is 302 Å². The Bertz CT molecular complexity index is 1700. The zero-order valence-corrected chi connectivity index (χ0v) is 49.8. The van der Waals surface area contributed by atoms with Gasteiger partial charge in [-0.3, -0.25) is 14.4 Å². The maximum absolute atomic E-state index is 13.2. The number of carbonyl (C=O) groups excluding carboxylic acids is 3. The van der Waals surface area contributed by atoms with Crippen molar-refractivity contribution in [3.05, 3.63) is 85.1 Å². The first kappa shape index (κ1) is 72.9. The lowest BCUT2D eigenvalue weighted by atomic mass is 9.98. The molecule has 0 amide bonds. The number of hydrogen-bond acceptors (Lipinski definition) is 11. The van der Waals surface area contributed by atoms with E-state index in [9.17, 15) is 34.5 Å². The third kappa shape index (κ3) is 44.3. The highest BCUT2D eigenvalue weighted by Gasteiger charge is 2.50. The highest BCUT2D eigenvalue weighted by molar-refractivity contribution is 5.74. The molecule has 1 rings (SSSR count). The number of carboxylic acid groups (broad SMARTS) is 1. The van der Waals surface area contributed by atoms with E-state index in [0.29, 0.717) is 19.3 Å². The van der Waals surface area contributed by atoms with Gasteiger partial charge in [0.1, 0.15) is 18.8 Å². The summed E-state index contributed by atoms with van der Waals surface area (Å²) in [5.41, 5.74) is 0. The fourth-order valence-electron chi connectivity index (χ4n) is 9.18. The molecule has 1 aliphatic heterocycles. The van der Waals surface area contributed by atoms with E-state index in [1.54, 1.807) is 6.08 Å². The Kier molecular flexibility index (Phi) is 50.3. The molecule has 1 fully saturated rings. The van der Waals surface area contributed by atoms with Crippen molar-refractivity contribution >= 4 is 23.9 Å². The van der Waals surface area contributed by atoms with E-state index in [4.69, 9.17) is 23.7 Å². The molecule has 0 saturated carbocycles. The number of hydrogen-bond donors (Lipinski definition) is 3. The second-order valence-electron chi connectivity index (χ2n) is 21.3. The van der Waals surface area contributed by atoms with Crippen molar-refractivity contribution < 1.29 is 58.2 Å². The van der Waals surface area contributed by atoms with Gasteiger partial charge in [-0.2, -0.15) is 0 Å². The van der Waals surface area contributed by atoms with Crippen LogP contribution in [0.25, 0.3) is 0 Å². The number of ether oxygens (including phenoxy) is 5. The largest absolute Gasteiger partial charge is 0.479 e. The van der Waals surface area contributed by atoms with Gasteiger partial charge in [0.15, 0.2) is 24.6 Å². The normalized spacial score (nSPS) is 18.4. The number of carboxylic acids is 1. The molecule has 1 aliphatic rings. The lowest BCUT2D eigenvalue weighted by molar-refractivity contribution is -0.301. The predicted molar refractivity (Wildman–Crippen MR) is 321 cm³/mol. The highest BCUT2D eigenvalue weighted by Crippen LogP contribution is 2.26. The number of aliphatic hydroxyl groups excluding tert-OH is 2. The van der Waals surface area contributed by atoms with Crippen LogP contribution in [0.5, 0.6) is 0 Å². The Hall–Kier alpha value is -4.10. The average molecular weight is 1110 g/mol. The molecule has 0 aromatic rings. The van der Waals surface area contributed by atoms with Gasteiger partial charge in [0.2, 0.25) is 0 Å². The standard InChI is InChI=1S/C67H112O12/c1-4-7-10-13-16-19-22-25-28-29-30-31-34-37-40-43-46-49-52-55-61(70)78-65-63(72)62(71)64(66(73)74)79-67(65)76-57-58(77-60(69)54-51-48-45-42-39-36-33-27-24-21-18-15-12-9-6-3)56-75-59(68)53-50-47-44-41-38-35-32-26-23-20-17-14-11-8-5-2/h8,11,16-17,19-20,25-26,28,32,38,41,47,50,58,62-65,67,71-72H,4-7,9-10,12-15,18,21-24,27,29-31,33-37,39-40,42-46,48-49,51-57H2,1-3H3,(H,73,74)/b11-8-,19-16-,20-17-,28-25-,32-26-,41-38-,50-47-. The van der Waals surface area contributed by atoms with E-state index in [1.165, 1.54) is 122 Å². The van der Waals surface area contributed by atoms with Crippen molar-refractivity contribution in [3.63, 3.8) is 0 Å². The highest BCUT2D eigenvalue weighted by atomic mass is 16.7. The smallest absolute Gasteiger partial charge is 0.335 e. The molecule has 0 spiro atoms. The molecule has 0 radical (unpaired) electrons. The third-order valence-corrected chi connectivity index (χ3v) is 14.0. The minimum Gasteiger partial charge on any atom is -0.479 e. The van der Waals surface area contributed by atoms with Crippen LogP contribution >= 0.6 is 0 Å². The number of unbranched alkanes of at least 4 members (excludes halogenated alkanes) is 26. The minimum absolute atomic E-state index is 0.0153. The molecule has 0 aromatic carbocycles. The molecule has 12 nitrogen and oxygen atoms in total. The first-order valence-electron chi connectivity index (χ1n) is 31.6. The molecule has 3 N–H and O–H groups in total. The second-order valence-corrected chi connectivity index (χ2v) is 21.3. The van der Waals surface area contributed by atoms with E-state index in [1.807, 2.05) is 12.2 Å². The van der Waals surface area contributed by atoms with Gasteiger partial charge in [-0.1, -0.05) is 254 Å². The number of aliphatic carboxylic acids is 1. The molecule has 12 heteroatoms. The molecule has 6 atom stereocenters. The van der Waals surface area contributed by atoms with Crippen molar-refractivity contribution in [1.29, 1.82) is 0 Å². The quantitative estimate of drug-likeness (QED) is 0.0228. The number of allylic oxidation sites excluding steroid dienone is 13. The monoisotopic (exact) mass is 1110 g/mol. The second kappa shape index (κ2) is 54.5. The van der Waals surface area contributed by atoms with Crippen LogP contribution in [0.15, 0.2) is 85.1 Å². The molecule has 452 valence electrons. The van der Waals surface area contributed by atoms with Gasteiger partial charge in [-0.25, -0.2) is 4.79 Å². The molecule has 79 heavy (non-hydrogen) atoms. The zero-order chi connectivity index (χ0) is 57.5. The van der Waals surface area contributed by atoms with Crippen molar-refractivity contribution in [1.82, 2.24) is 0 Å². The first-order valence-corrected chi connectivity index (χ1v) is 31.6. The van der Waals surface area contributed by atoms with Crippen LogP contribution in [0.3, 0.4) is 0 Å². The first-order chi connectivity index (χ1) is 38.6. The summed E-state index contributed by atoms with van der Waals surface area (Å²) >= 11 is 0. The molecule has 0 aromatic heterocycles. The Morgan fingerprint density at radius 2 is 0.835 bits per heavy atom. The maximum Gasteiger partial charge on any atom is 0.335 e. The number of carbonyl (C=O) groups is 4. The van der Waals surface area contributed by atoms with Crippen LogP contribution in [0.4, 0.5) is 0 Å². The molecular formula is C67H112O12. The van der Waals surface area contributed by atoms with E-state index >= 15 is 0 Å². The third-order valence-electron chi connectivity index (χ3n) is 14.0. The van der Waals surface area contributed by atoms with Crippen LogP contribution < -0.4 is 0 Å². The molecule has 0 bridgehead atoms. The maximum atomic E-state index is 13.2. The Morgan fingerprint density at radius 3 is 1.30 bits per heavy atom. The van der Waals surface area contributed by atoms with Gasteiger partial charge in [-0.05, 0) is 77.0 Å². The van der Waals surface area contributed by atoms with Crippen LogP contribution in [0, 0.1) is 0 Å². The molecule has 0 aliphatic carbocycles. The van der Waals surface area contributed by atoms with Crippen LogP contribution in [-0.4, -0.2) is 89.2 Å². The molecule has 1 heterocycles. The number of rotatable bonds is 53. The van der Waals surface area contributed by atoms with Gasteiger partial charge in [-0.15, -0.1) is 0 Å². The van der Waals surface area contributed by atoms with Gasteiger partial charge < -0.3 is 39.0 Å². The average Bonchev–Trinajstić information content (AvgIpc) is 3.46. The summed E-state index contributed by atoms with van der Waals surface area (Å²) in [4.78, 5) is 51.2. The summed E-state index contributed by atoms with van der Waals surface area (Å²) in [5, 5.41) is 31.6. The summed E-state index contributed by atoms with van der Waals surface area (Å²) < 4.78 is 28.4. The van der Waals surface area contributed by atoms with Gasteiger partial charge in [0.25, 0.3) is 0 Å². The van der Waals surface area contributed by atoms with Crippen LogP contribution in [-0.2, 0) is 42.9 Å². The van der Waals surface area contributed by atoms with Crippen molar-refractivity contribution in [3.8, 4) is 0 Å². The predicted octanol–water partition coefficient (Wildman–Crippen LogP) is 16.7. The fraction of sp³-hybridized carbons (Fsp3) is 0.731. The van der Waals surface area contributed by atoms with E-state index < -0.39 is 67.3 Å². The SMILES string of the molecule is CC/C=C\C/C=C\C/C=C\C/C=C\C/C=C\CC(=O)OCC(COC1OC(C(=O)O)C(O)C(O)C1OC(=O)CCCCCCCCCCC/C=C\C/C=C\CCCCC)OC(=O)CCCCCCCCCCCCCCCCC. The van der Waals surface area contributed by atoms with Crippen molar-refractivity contribution in [2.24, 2.45) is 0 Å². The van der Waals surface area contributed by atoms with Crippen molar-refractivity contribution in [2.75, 3.05) is 13.2 Å². The van der Waals surface area contributed by atoms with E-state index in [0.717, 1.165) is 83.5 Å². The summed E-state index contributed by atoms with van der Waals surface area (Å²) in [6, 6.07) is 0. The lowest BCUT2D eigenvalue weighted by Crippen LogP contribution is -2.61.